The normalized spacial score (nSPS) is 12.5. The summed E-state index contributed by atoms with van der Waals surface area (Å²) in [6.45, 7) is 1.73. The quantitative estimate of drug-likeness (QED) is 0.781. The largest absolute Gasteiger partial charge is 0.381 e. The van der Waals surface area contributed by atoms with E-state index < -0.39 is 11.6 Å². The molecule has 0 N–H and O–H groups in total. The van der Waals surface area contributed by atoms with Gasteiger partial charge in [-0.15, -0.1) is 0 Å². The SMILES string of the molecule is COC(C)CC(=O)Cc1c(F)ccc(Br)c1F. The van der Waals surface area contributed by atoms with Gasteiger partial charge in [-0.05, 0) is 35.0 Å². The highest BCUT2D eigenvalue weighted by Gasteiger charge is 2.17. The van der Waals surface area contributed by atoms with E-state index in [9.17, 15) is 13.6 Å². The molecule has 1 aromatic rings. The number of ketones is 1. The van der Waals surface area contributed by atoms with Crippen molar-refractivity contribution >= 4 is 21.7 Å². The molecule has 0 amide bonds. The van der Waals surface area contributed by atoms with E-state index in [4.69, 9.17) is 4.74 Å². The number of methoxy groups -OCH3 is 1. The first kappa shape index (κ1) is 14.3. The van der Waals surface area contributed by atoms with Gasteiger partial charge in [0.05, 0.1) is 10.6 Å². The smallest absolute Gasteiger partial charge is 0.143 e. The fourth-order valence-corrected chi connectivity index (χ4v) is 1.78. The minimum atomic E-state index is -0.719. The molecule has 0 saturated heterocycles. The number of carbonyl (C=O) groups is 1. The van der Waals surface area contributed by atoms with Crippen LogP contribution in [0.5, 0.6) is 0 Å². The van der Waals surface area contributed by atoms with Gasteiger partial charge in [0.1, 0.15) is 17.4 Å². The van der Waals surface area contributed by atoms with Crippen LogP contribution in [0.1, 0.15) is 18.9 Å². The zero-order valence-electron chi connectivity index (χ0n) is 9.60. The minimum Gasteiger partial charge on any atom is -0.381 e. The van der Waals surface area contributed by atoms with Crippen LogP contribution in [0, 0.1) is 11.6 Å². The second-order valence-electron chi connectivity index (χ2n) is 3.79. The van der Waals surface area contributed by atoms with E-state index in [1.807, 2.05) is 0 Å². The molecule has 1 aromatic carbocycles. The van der Waals surface area contributed by atoms with E-state index in [1.54, 1.807) is 6.92 Å². The van der Waals surface area contributed by atoms with Crippen molar-refractivity contribution in [3.8, 4) is 0 Å². The molecule has 5 heteroatoms. The number of halogens is 3. The van der Waals surface area contributed by atoms with E-state index in [2.05, 4.69) is 15.9 Å². The topological polar surface area (TPSA) is 26.3 Å². The first-order valence-electron chi connectivity index (χ1n) is 5.12. The van der Waals surface area contributed by atoms with E-state index in [0.717, 1.165) is 6.07 Å². The summed E-state index contributed by atoms with van der Waals surface area (Å²) in [5, 5.41) is 0. The van der Waals surface area contributed by atoms with Crippen molar-refractivity contribution in [1.29, 1.82) is 0 Å². The van der Waals surface area contributed by atoms with Crippen molar-refractivity contribution < 1.29 is 18.3 Å². The van der Waals surface area contributed by atoms with Crippen LogP contribution < -0.4 is 0 Å². The Hall–Kier alpha value is -0.810. The third-order valence-corrected chi connectivity index (χ3v) is 3.04. The van der Waals surface area contributed by atoms with Crippen molar-refractivity contribution in [3.05, 3.63) is 33.8 Å². The predicted molar refractivity (Wildman–Crippen MR) is 63.9 cm³/mol. The third-order valence-electron chi connectivity index (χ3n) is 2.43. The highest BCUT2D eigenvalue weighted by Crippen LogP contribution is 2.22. The van der Waals surface area contributed by atoms with Crippen molar-refractivity contribution in [2.75, 3.05) is 7.11 Å². The second kappa shape index (κ2) is 6.21. The van der Waals surface area contributed by atoms with Gasteiger partial charge >= 0.3 is 0 Å². The maximum absolute atomic E-state index is 13.6. The number of rotatable bonds is 5. The maximum atomic E-state index is 13.6. The molecule has 2 nitrogen and oxygen atoms in total. The molecule has 0 saturated carbocycles. The van der Waals surface area contributed by atoms with Crippen molar-refractivity contribution in [1.82, 2.24) is 0 Å². The van der Waals surface area contributed by atoms with Gasteiger partial charge in [-0.2, -0.15) is 0 Å². The van der Waals surface area contributed by atoms with Crippen molar-refractivity contribution in [2.45, 2.75) is 25.9 Å². The molecule has 94 valence electrons. The molecule has 1 rings (SSSR count). The zero-order chi connectivity index (χ0) is 13.0. The summed E-state index contributed by atoms with van der Waals surface area (Å²) in [7, 11) is 1.48. The molecule has 1 atom stereocenters. The molecule has 1 unspecified atom stereocenters. The number of hydrogen-bond acceptors (Lipinski definition) is 2. The first-order valence-corrected chi connectivity index (χ1v) is 5.91. The number of Topliss-reactive ketones (excluding diaryl/α,β-unsaturated/α-hetero) is 1. The van der Waals surface area contributed by atoms with Crippen LogP contribution in [-0.4, -0.2) is 19.0 Å². The fraction of sp³-hybridized carbons (Fsp3) is 0.417. The lowest BCUT2D eigenvalue weighted by molar-refractivity contribution is -0.120. The maximum Gasteiger partial charge on any atom is 0.143 e. The molecule has 0 aliphatic carbocycles. The van der Waals surface area contributed by atoms with E-state index in [1.165, 1.54) is 13.2 Å². The Morgan fingerprint density at radius 1 is 1.47 bits per heavy atom. The summed E-state index contributed by atoms with van der Waals surface area (Å²) < 4.78 is 32.0. The summed E-state index contributed by atoms with van der Waals surface area (Å²) >= 11 is 2.96. The Kier molecular flexibility index (Phi) is 5.21. The van der Waals surface area contributed by atoms with Gasteiger partial charge in [0.15, 0.2) is 0 Å². The van der Waals surface area contributed by atoms with Crippen LogP contribution >= 0.6 is 15.9 Å². The molecular formula is C12H13BrF2O2. The number of benzene rings is 1. The third kappa shape index (κ3) is 3.85. The van der Waals surface area contributed by atoms with Gasteiger partial charge in [-0.1, -0.05) is 0 Å². The van der Waals surface area contributed by atoms with E-state index in [0.29, 0.717) is 0 Å². The summed E-state index contributed by atoms with van der Waals surface area (Å²) in [6, 6.07) is 2.41. The van der Waals surface area contributed by atoms with E-state index >= 15 is 0 Å². The Bertz CT molecular complexity index is 421. The van der Waals surface area contributed by atoms with Gasteiger partial charge in [0.2, 0.25) is 0 Å². The van der Waals surface area contributed by atoms with Crippen molar-refractivity contribution in [2.24, 2.45) is 0 Å². The summed E-state index contributed by atoms with van der Waals surface area (Å²) in [4.78, 5) is 11.6. The Morgan fingerprint density at radius 2 is 2.12 bits per heavy atom. The summed E-state index contributed by atoms with van der Waals surface area (Å²) in [5.41, 5.74) is -0.201. The number of ether oxygens (including phenoxy) is 1. The van der Waals surface area contributed by atoms with Gasteiger partial charge in [-0.3, -0.25) is 4.79 Å². The van der Waals surface area contributed by atoms with Crippen LogP contribution in [-0.2, 0) is 16.0 Å². The second-order valence-corrected chi connectivity index (χ2v) is 4.64. The molecule has 0 aliphatic heterocycles. The molecule has 0 heterocycles. The summed E-state index contributed by atoms with van der Waals surface area (Å²) in [6.07, 6.45) is -0.368. The standard InChI is InChI=1S/C12H13BrF2O2/c1-7(17-2)5-8(16)6-9-11(14)4-3-10(13)12(9)15/h3-4,7H,5-6H2,1-2H3. The van der Waals surface area contributed by atoms with Crippen LogP contribution in [0.3, 0.4) is 0 Å². The van der Waals surface area contributed by atoms with E-state index in [-0.39, 0.29) is 34.8 Å². The monoisotopic (exact) mass is 306 g/mol. The summed E-state index contributed by atoms with van der Waals surface area (Å²) in [5.74, 6) is -1.68. The molecule has 0 radical (unpaired) electrons. The van der Waals surface area contributed by atoms with Crippen LogP contribution in [0.15, 0.2) is 16.6 Å². The fourth-order valence-electron chi connectivity index (χ4n) is 1.40. The Morgan fingerprint density at radius 3 is 2.71 bits per heavy atom. The molecule has 0 fully saturated rings. The highest BCUT2D eigenvalue weighted by atomic mass is 79.9. The molecule has 0 bridgehead atoms. The zero-order valence-corrected chi connectivity index (χ0v) is 11.2. The average Bonchev–Trinajstić information content (AvgIpc) is 2.29. The molecule has 17 heavy (non-hydrogen) atoms. The molecular weight excluding hydrogens is 294 g/mol. The van der Waals surface area contributed by atoms with Crippen LogP contribution in [0.2, 0.25) is 0 Å². The average molecular weight is 307 g/mol. The number of carbonyl (C=O) groups excluding carboxylic acids is 1. The van der Waals surface area contributed by atoms with Crippen molar-refractivity contribution in [3.63, 3.8) is 0 Å². The number of hydrogen-bond donors (Lipinski definition) is 0. The van der Waals surface area contributed by atoms with Gasteiger partial charge in [0.25, 0.3) is 0 Å². The van der Waals surface area contributed by atoms with Gasteiger partial charge in [-0.25, -0.2) is 8.78 Å². The van der Waals surface area contributed by atoms with Crippen LogP contribution in [0.4, 0.5) is 8.78 Å². The lowest BCUT2D eigenvalue weighted by Gasteiger charge is -2.09. The Balaban J connectivity index is 2.81. The molecule has 0 spiro atoms. The van der Waals surface area contributed by atoms with Gasteiger partial charge < -0.3 is 4.74 Å². The molecule has 0 aliphatic rings. The first-order chi connectivity index (χ1) is 7.95. The minimum absolute atomic E-state index is 0.141. The Labute approximate surface area is 107 Å². The molecule has 0 aromatic heterocycles. The van der Waals surface area contributed by atoms with Crippen LogP contribution in [0.25, 0.3) is 0 Å². The lowest BCUT2D eigenvalue weighted by Crippen LogP contribution is -2.15. The highest BCUT2D eigenvalue weighted by molar-refractivity contribution is 9.10. The van der Waals surface area contributed by atoms with Gasteiger partial charge in [0, 0.05) is 25.5 Å². The predicted octanol–water partition coefficient (Wildman–Crippen LogP) is 3.26. The lowest BCUT2D eigenvalue weighted by atomic mass is 10.0.